The molecule has 0 bridgehead atoms. The molecular formula is C16H20BrNO4. The van der Waals surface area contributed by atoms with Crippen molar-refractivity contribution in [1.82, 2.24) is 4.90 Å². The Morgan fingerprint density at radius 1 is 1.41 bits per heavy atom. The van der Waals surface area contributed by atoms with Crippen LogP contribution in [0.4, 0.5) is 0 Å². The fourth-order valence-corrected chi connectivity index (χ4v) is 3.00. The Balaban J connectivity index is 1.71. The Kier molecular flexibility index (Phi) is 5.83. The third-order valence-corrected chi connectivity index (χ3v) is 4.38. The third kappa shape index (κ3) is 4.47. The number of rotatable bonds is 6. The number of carbonyl (C=O) groups excluding carboxylic acids is 1. The van der Waals surface area contributed by atoms with Gasteiger partial charge in [-0.2, -0.15) is 0 Å². The lowest BCUT2D eigenvalue weighted by atomic mass is 9.99. The second-order valence-corrected chi connectivity index (χ2v) is 6.55. The van der Waals surface area contributed by atoms with Crippen molar-refractivity contribution in [3.8, 4) is 5.75 Å². The number of carboxylic acids is 1. The third-order valence-electron chi connectivity index (χ3n) is 3.88. The molecule has 1 heterocycles. The predicted molar refractivity (Wildman–Crippen MR) is 85.7 cm³/mol. The summed E-state index contributed by atoms with van der Waals surface area (Å²) in [6.45, 7) is 3.19. The summed E-state index contributed by atoms with van der Waals surface area (Å²) < 4.78 is 6.54. The Morgan fingerprint density at radius 3 is 2.82 bits per heavy atom. The lowest BCUT2D eigenvalue weighted by Crippen LogP contribution is -2.30. The molecule has 1 amide bonds. The molecule has 5 nitrogen and oxygen atoms in total. The highest BCUT2D eigenvalue weighted by molar-refractivity contribution is 9.10. The zero-order valence-electron chi connectivity index (χ0n) is 12.5. The van der Waals surface area contributed by atoms with Crippen molar-refractivity contribution < 1.29 is 19.4 Å². The number of benzene rings is 1. The molecule has 22 heavy (non-hydrogen) atoms. The molecule has 120 valence electrons. The van der Waals surface area contributed by atoms with Gasteiger partial charge in [0.15, 0.2) is 0 Å². The van der Waals surface area contributed by atoms with Gasteiger partial charge in [0.2, 0.25) is 5.91 Å². The lowest BCUT2D eigenvalue weighted by Gasteiger charge is -2.16. The standard InChI is InChI=1S/C16H20BrNO4/c1-11-9-18(10-14(11)16(20)21)15(19)6-3-7-22-13-5-2-4-12(17)8-13/h2,4-5,8,11,14H,3,6-7,9-10H2,1H3,(H,20,21)/t11-,14-/m1/s1. The maximum absolute atomic E-state index is 12.1. The van der Waals surface area contributed by atoms with Gasteiger partial charge in [0.1, 0.15) is 5.75 Å². The van der Waals surface area contributed by atoms with Gasteiger partial charge < -0.3 is 14.7 Å². The number of halogens is 1. The number of carboxylic acid groups (broad SMARTS) is 1. The summed E-state index contributed by atoms with van der Waals surface area (Å²) in [5, 5.41) is 9.08. The molecular weight excluding hydrogens is 350 g/mol. The summed E-state index contributed by atoms with van der Waals surface area (Å²) in [5.74, 6) is -0.474. The van der Waals surface area contributed by atoms with E-state index in [0.717, 1.165) is 10.2 Å². The second kappa shape index (κ2) is 7.63. The van der Waals surface area contributed by atoms with Gasteiger partial charge >= 0.3 is 5.97 Å². The van der Waals surface area contributed by atoms with Gasteiger partial charge in [0.05, 0.1) is 12.5 Å². The molecule has 6 heteroatoms. The Bertz CT molecular complexity index is 549. The molecule has 2 atom stereocenters. The van der Waals surface area contributed by atoms with Gasteiger partial charge in [-0.1, -0.05) is 28.9 Å². The van der Waals surface area contributed by atoms with Crippen LogP contribution in [0, 0.1) is 11.8 Å². The lowest BCUT2D eigenvalue weighted by molar-refractivity contribution is -0.142. The van der Waals surface area contributed by atoms with Crippen LogP contribution < -0.4 is 4.74 Å². The van der Waals surface area contributed by atoms with Crippen LogP contribution in [0.15, 0.2) is 28.7 Å². The first-order valence-electron chi connectivity index (χ1n) is 7.36. The van der Waals surface area contributed by atoms with E-state index in [1.165, 1.54) is 0 Å². The first-order valence-corrected chi connectivity index (χ1v) is 8.15. The van der Waals surface area contributed by atoms with Crippen molar-refractivity contribution >= 4 is 27.8 Å². The topological polar surface area (TPSA) is 66.8 Å². The van der Waals surface area contributed by atoms with Crippen molar-refractivity contribution in [2.75, 3.05) is 19.7 Å². The normalized spacial score (nSPS) is 20.9. The number of amides is 1. The zero-order valence-corrected chi connectivity index (χ0v) is 14.1. The van der Waals surface area contributed by atoms with Gasteiger partial charge in [-0.15, -0.1) is 0 Å². The minimum Gasteiger partial charge on any atom is -0.494 e. The van der Waals surface area contributed by atoms with Crippen molar-refractivity contribution in [3.05, 3.63) is 28.7 Å². The molecule has 0 aliphatic carbocycles. The number of ether oxygens (including phenoxy) is 1. The van der Waals surface area contributed by atoms with E-state index in [1.807, 2.05) is 31.2 Å². The van der Waals surface area contributed by atoms with Crippen LogP contribution in [0.25, 0.3) is 0 Å². The van der Waals surface area contributed by atoms with Crippen molar-refractivity contribution in [2.24, 2.45) is 11.8 Å². The molecule has 1 saturated heterocycles. The van der Waals surface area contributed by atoms with Gasteiger partial charge in [0.25, 0.3) is 0 Å². The molecule has 0 aromatic heterocycles. The smallest absolute Gasteiger partial charge is 0.308 e. The van der Waals surface area contributed by atoms with Crippen molar-refractivity contribution in [3.63, 3.8) is 0 Å². The van der Waals surface area contributed by atoms with E-state index in [0.29, 0.717) is 32.5 Å². The molecule has 1 aliphatic heterocycles. The van der Waals surface area contributed by atoms with Crippen molar-refractivity contribution in [2.45, 2.75) is 19.8 Å². The van der Waals surface area contributed by atoms with Gasteiger partial charge in [-0.05, 0) is 30.5 Å². The highest BCUT2D eigenvalue weighted by Crippen LogP contribution is 2.24. The Morgan fingerprint density at radius 2 is 2.18 bits per heavy atom. The van der Waals surface area contributed by atoms with E-state index in [9.17, 15) is 9.59 Å². The number of nitrogens with zero attached hydrogens (tertiary/aromatic N) is 1. The molecule has 1 aromatic rings. The van der Waals surface area contributed by atoms with Crippen LogP contribution in [0.3, 0.4) is 0 Å². The minimum atomic E-state index is -0.819. The second-order valence-electron chi connectivity index (χ2n) is 5.63. The monoisotopic (exact) mass is 369 g/mol. The average molecular weight is 370 g/mol. The molecule has 1 aromatic carbocycles. The van der Waals surface area contributed by atoms with Crippen LogP contribution in [-0.2, 0) is 9.59 Å². The molecule has 1 N–H and O–H groups in total. The quantitative estimate of drug-likeness (QED) is 0.782. The first kappa shape index (κ1) is 16.8. The highest BCUT2D eigenvalue weighted by Gasteiger charge is 2.36. The maximum atomic E-state index is 12.1. The number of hydrogen-bond donors (Lipinski definition) is 1. The fourth-order valence-electron chi connectivity index (χ4n) is 2.62. The number of hydrogen-bond acceptors (Lipinski definition) is 3. The average Bonchev–Trinajstić information content (AvgIpc) is 2.86. The summed E-state index contributed by atoms with van der Waals surface area (Å²) in [6, 6.07) is 7.56. The van der Waals surface area contributed by atoms with Gasteiger partial charge in [-0.25, -0.2) is 0 Å². The Hall–Kier alpha value is -1.56. The fraction of sp³-hybridized carbons (Fsp3) is 0.500. The number of likely N-dealkylation sites (tertiary alicyclic amines) is 1. The molecule has 0 spiro atoms. The van der Waals surface area contributed by atoms with Crippen LogP contribution in [0.5, 0.6) is 5.75 Å². The van der Waals surface area contributed by atoms with Gasteiger partial charge in [-0.3, -0.25) is 9.59 Å². The molecule has 0 saturated carbocycles. The van der Waals surface area contributed by atoms with Crippen LogP contribution >= 0.6 is 15.9 Å². The SMILES string of the molecule is C[C@@H]1CN(C(=O)CCCOc2cccc(Br)c2)C[C@H]1C(=O)O. The predicted octanol–water partition coefficient (Wildman–Crippen LogP) is 2.79. The summed E-state index contributed by atoms with van der Waals surface area (Å²) in [7, 11) is 0. The van der Waals surface area contributed by atoms with Crippen LogP contribution in [0.1, 0.15) is 19.8 Å². The minimum absolute atomic E-state index is 0.00782. The van der Waals surface area contributed by atoms with E-state index in [2.05, 4.69) is 15.9 Å². The van der Waals surface area contributed by atoms with E-state index >= 15 is 0 Å². The number of aliphatic carboxylic acids is 1. The van der Waals surface area contributed by atoms with Crippen molar-refractivity contribution in [1.29, 1.82) is 0 Å². The van der Waals surface area contributed by atoms with Crippen LogP contribution in [0.2, 0.25) is 0 Å². The highest BCUT2D eigenvalue weighted by atomic mass is 79.9. The molecule has 1 aliphatic rings. The zero-order chi connectivity index (χ0) is 16.1. The van der Waals surface area contributed by atoms with E-state index < -0.39 is 11.9 Å². The summed E-state index contributed by atoms with van der Waals surface area (Å²) in [5.41, 5.74) is 0. The van der Waals surface area contributed by atoms with E-state index in [1.54, 1.807) is 4.90 Å². The van der Waals surface area contributed by atoms with Crippen LogP contribution in [-0.4, -0.2) is 41.6 Å². The van der Waals surface area contributed by atoms with Gasteiger partial charge in [0, 0.05) is 24.0 Å². The summed E-state index contributed by atoms with van der Waals surface area (Å²) in [6.07, 6.45) is 1.00. The maximum Gasteiger partial charge on any atom is 0.308 e. The van der Waals surface area contributed by atoms with E-state index in [-0.39, 0.29) is 11.8 Å². The molecule has 2 rings (SSSR count). The first-order chi connectivity index (χ1) is 10.5. The summed E-state index contributed by atoms with van der Waals surface area (Å²) >= 11 is 3.37. The molecule has 0 radical (unpaired) electrons. The summed E-state index contributed by atoms with van der Waals surface area (Å²) in [4.78, 5) is 24.8. The number of carbonyl (C=O) groups is 2. The molecule has 1 fully saturated rings. The van der Waals surface area contributed by atoms with E-state index in [4.69, 9.17) is 9.84 Å². The largest absolute Gasteiger partial charge is 0.494 e. The Labute approximate surface area is 138 Å². The molecule has 0 unspecified atom stereocenters.